The molecule has 2 N–H and O–H groups in total. The Hall–Kier alpha value is 1.12. The van der Waals surface area contributed by atoms with Crippen molar-refractivity contribution in [2.45, 2.75) is 0 Å². The fourth-order valence-electron chi connectivity index (χ4n) is 0.262. The molecule has 10 heavy (non-hydrogen) atoms. The summed E-state index contributed by atoms with van der Waals surface area (Å²) in [6, 6.07) is 0. The molecule has 0 heterocycles. The van der Waals surface area contributed by atoms with Gasteiger partial charge in [-0.05, 0) is 0 Å². The average molecular weight is 279 g/mol. The summed E-state index contributed by atoms with van der Waals surface area (Å²) in [5, 5.41) is 11.9. The maximum atomic E-state index is 8.14. The van der Waals surface area contributed by atoms with E-state index in [1.165, 1.54) is 0 Å². The first kappa shape index (κ1) is 13.7. The first-order valence-corrected chi connectivity index (χ1v) is 6.54. The summed E-state index contributed by atoms with van der Waals surface area (Å²) in [5.74, 6) is 0. The minimum absolute atomic E-state index is 0.106. The predicted molar refractivity (Wildman–Crippen MR) is 41.1 cm³/mol. The molecule has 3 nitrogen and oxygen atoms in total. The number of aliphatic hydroxyl groups excluding tert-OH is 1. The number of hydrogen-bond donors (Lipinski definition) is 1. The molecule has 0 aromatic carbocycles. The molecule has 0 fully saturated rings. The number of nitrogens with zero attached hydrogens (tertiary/aromatic N) is 1. The van der Waals surface area contributed by atoms with Crippen LogP contribution >= 0.6 is 19.1 Å². The van der Waals surface area contributed by atoms with E-state index in [1.807, 2.05) is 0 Å². The van der Waals surface area contributed by atoms with Crippen molar-refractivity contribution in [3.8, 4) is 0 Å². The molecule has 0 saturated carbocycles. The van der Waals surface area contributed by atoms with Crippen molar-refractivity contribution in [1.82, 2.24) is 0 Å². The Morgan fingerprint density at radius 1 is 1.40 bits per heavy atom. The van der Waals surface area contributed by atoms with Crippen LogP contribution in [0.2, 0.25) is 0 Å². The van der Waals surface area contributed by atoms with Gasteiger partial charge >= 0.3 is 35.0 Å². The first-order chi connectivity index (χ1) is 4.83. The van der Waals surface area contributed by atoms with Crippen LogP contribution in [0.1, 0.15) is 0 Å². The quantitative estimate of drug-likeness (QED) is 0.619. The SMILES string of the molecule is [Cl][Pd][Cl].[NH-]CC[N-]CCO. The minimum atomic E-state index is -0.106. The van der Waals surface area contributed by atoms with E-state index in [1.54, 1.807) is 0 Å². The molecule has 0 aliphatic rings. The summed E-state index contributed by atoms with van der Waals surface area (Å²) >= 11 is -0.106. The van der Waals surface area contributed by atoms with Gasteiger partial charge in [-0.2, -0.15) is 13.1 Å². The Kier molecular flexibility index (Phi) is 22.7. The van der Waals surface area contributed by atoms with Crippen molar-refractivity contribution in [1.29, 1.82) is 0 Å². The van der Waals surface area contributed by atoms with E-state index in [-0.39, 0.29) is 22.5 Å². The molecule has 0 aromatic rings. The van der Waals surface area contributed by atoms with Crippen LogP contribution in [0.3, 0.4) is 0 Å². The maximum Gasteiger partial charge on any atom is 0.0243 e. The molecular weight excluding hydrogens is 269 g/mol. The van der Waals surface area contributed by atoms with E-state index in [4.69, 9.17) is 29.9 Å². The van der Waals surface area contributed by atoms with Crippen LogP contribution in [0.25, 0.3) is 11.1 Å². The predicted octanol–water partition coefficient (Wildman–Crippen LogP) is 1.78. The van der Waals surface area contributed by atoms with E-state index >= 15 is 0 Å². The largest absolute Gasteiger partial charge is 0.679 e. The molecule has 0 spiro atoms. The molecule has 0 rings (SSSR count). The van der Waals surface area contributed by atoms with Gasteiger partial charge in [-0.1, -0.05) is 0 Å². The van der Waals surface area contributed by atoms with Crippen LogP contribution in [-0.2, 0) is 15.9 Å². The van der Waals surface area contributed by atoms with Gasteiger partial charge in [0.2, 0.25) is 0 Å². The molecule has 0 aliphatic heterocycles. The molecule has 0 aromatic heterocycles. The zero-order valence-corrected chi connectivity index (χ0v) is 8.36. The summed E-state index contributed by atoms with van der Waals surface area (Å²) in [5.41, 5.74) is 6.61. The fourth-order valence-corrected chi connectivity index (χ4v) is 0.262. The topological polar surface area (TPSA) is 58.1 Å². The van der Waals surface area contributed by atoms with Crippen molar-refractivity contribution >= 4 is 19.1 Å². The van der Waals surface area contributed by atoms with Crippen molar-refractivity contribution in [2.75, 3.05) is 26.2 Å². The number of nitrogens with one attached hydrogen (secondary N) is 1. The second kappa shape index (κ2) is 16.6. The van der Waals surface area contributed by atoms with Gasteiger partial charge in [-0.3, -0.25) is 0 Å². The zero-order chi connectivity index (χ0) is 8.24. The molecular formula is C4H10Cl2N2OPd-2. The number of halogens is 2. The Balaban J connectivity index is 0. The average Bonchev–Trinajstić information content (AvgIpc) is 1.91. The molecule has 0 saturated heterocycles. The third kappa shape index (κ3) is 22.9. The van der Waals surface area contributed by atoms with Crippen LogP contribution < -0.4 is 0 Å². The Labute approximate surface area is 77.4 Å². The van der Waals surface area contributed by atoms with Gasteiger partial charge in [0.15, 0.2) is 0 Å². The van der Waals surface area contributed by atoms with E-state index in [0.717, 1.165) is 0 Å². The van der Waals surface area contributed by atoms with Crippen molar-refractivity contribution in [3.63, 3.8) is 0 Å². The zero-order valence-electron chi connectivity index (χ0n) is 5.30. The van der Waals surface area contributed by atoms with Crippen LogP contribution in [0.15, 0.2) is 0 Å². The smallest absolute Gasteiger partial charge is 0.0243 e. The van der Waals surface area contributed by atoms with E-state index in [0.29, 0.717) is 19.6 Å². The van der Waals surface area contributed by atoms with Gasteiger partial charge in [-0.25, -0.2) is 0 Å². The summed E-state index contributed by atoms with van der Waals surface area (Å²) < 4.78 is 0. The van der Waals surface area contributed by atoms with Crippen LogP contribution in [0, 0.1) is 0 Å². The van der Waals surface area contributed by atoms with Gasteiger partial charge in [-0.15, -0.1) is 6.54 Å². The number of hydrogen-bond acceptors (Lipinski definition) is 1. The van der Waals surface area contributed by atoms with Gasteiger partial charge in [0.25, 0.3) is 0 Å². The Morgan fingerprint density at radius 3 is 2.20 bits per heavy atom. The summed E-state index contributed by atoms with van der Waals surface area (Å²) in [4.78, 5) is 0. The van der Waals surface area contributed by atoms with Gasteiger partial charge in [0.05, 0.1) is 0 Å². The van der Waals surface area contributed by atoms with E-state index < -0.39 is 0 Å². The Bertz CT molecular complexity index is 48.2. The summed E-state index contributed by atoms with van der Waals surface area (Å²) in [7, 11) is 9.63. The second-order valence-corrected chi connectivity index (χ2v) is 3.55. The molecule has 0 bridgehead atoms. The third-order valence-electron chi connectivity index (χ3n) is 0.528. The monoisotopic (exact) mass is 278 g/mol. The van der Waals surface area contributed by atoms with E-state index in [2.05, 4.69) is 5.32 Å². The molecule has 68 valence electrons. The van der Waals surface area contributed by atoms with Gasteiger partial charge in [0, 0.05) is 6.61 Å². The van der Waals surface area contributed by atoms with Crippen LogP contribution in [0.5, 0.6) is 0 Å². The minimum Gasteiger partial charge on any atom is -0.679 e. The van der Waals surface area contributed by atoms with Crippen molar-refractivity contribution in [2.24, 2.45) is 0 Å². The molecule has 0 aliphatic carbocycles. The molecule has 6 heteroatoms. The normalized spacial score (nSPS) is 8.80. The molecule has 0 unspecified atom stereocenters. The standard InChI is InChI=1S/C4H10N2O.2ClH.Pd/c5-1-2-6-3-4-7;;;/h5,7H,1-4H2;2*1H;/q-2;;;+2/p-2. The number of rotatable bonds is 4. The van der Waals surface area contributed by atoms with Crippen LogP contribution in [0.4, 0.5) is 0 Å². The Morgan fingerprint density at radius 2 is 1.90 bits per heavy atom. The summed E-state index contributed by atoms with van der Waals surface area (Å²) in [6.07, 6.45) is 0. The molecule has 0 radical (unpaired) electrons. The van der Waals surface area contributed by atoms with Gasteiger partial charge < -0.3 is 16.2 Å². The van der Waals surface area contributed by atoms with Crippen LogP contribution in [-0.4, -0.2) is 31.3 Å². The first-order valence-electron chi connectivity index (χ1n) is 2.54. The maximum absolute atomic E-state index is 8.14. The fraction of sp³-hybridized carbons (Fsp3) is 1.00. The summed E-state index contributed by atoms with van der Waals surface area (Å²) in [6.45, 7) is 1.49. The molecule has 0 atom stereocenters. The third-order valence-corrected chi connectivity index (χ3v) is 0.528. The second-order valence-electron chi connectivity index (χ2n) is 1.19. The van der Waals surface area contributed by atoms with Gasteiger partial charge in [0.1, 0.15) is 0 Å². The van der Waals surface area contributed by atoms with E-state index in [9.17, 15) is 0 Å². The number of aliphatic hydroxyl groups is 1. The van der Waals surface area contributed by atoms with Crippen molar-refractivity contribution < 1.29 is 21.0 Å². The van der Waals surface area contributed by atoms with Crippen molar-refractivity contribution in [3.05, 3.63) is 11.1 Å². The molecule has 0 amide bonds.